The lowest BCUT2D eigenvalue weighted by atomic mass is 10.00. The summed E-state index contributed by atoms with van der Waals surface area (Å²) in [5.41, 5.74) is 1.05. The predicted octanol–water partition coefficient (Wildman–Crippen LogP) is 2.60. The molecule has 0 saturated carbocycles. The van der Waals surface area contributed by atoms with Gasteiger partial charge in [-0.05, 0) is 32.4 Å². The average Bonchev–Trinajstić information content (AvgIpc) is 2.34. The van der Waals surface area contributed by atoms with Gasteiger partial charge in [0.25, 0.3) is 0 Å². The van der Waals surface area contributed by atoms with Crippen molar-refractivity contribution in [2.45, 2.75) is 45.4 Å². The summed E-state index contributed by atoms with van der Waals surface area (Å²) in [4.78, 5) is 29.0. The third kappa shape index (κ3) is 3.28. The number of pyridine rings is 1. The second-order valence-electron chi connectivity index (χ2n) is 5.76. The molecular formula is C14H17ClN2O3. The Morgan fingerprint density at radius 3 is 2.80 bits per heavy atom. The Hall–Kier alpha value is -1.62. The van der Waals surface area contributed by atoms with Crippen molar-refractivity contribution >= 4 is 24.0 Å². The van der Waals surface area contributed by atoms with Gasteiger partial charge in [-0.25, -0.2) is 9.78 Å². The van der Waals surface area contributed by atoms with Crippen molar-refractivity contribution in [2.24, 2.45) is 0 Å². The topological polar surface area (TPSA) is 59.5 Å². The minimum Gasteiger partial charge on any atom is -0.444 e. The summed E-state index contributed by atoms with van der Waals surface area (Å²) < 4.78 is 5.33. The minimum atomic E-state index is -0.594. The zero-order valence-electron chi connectivity index (χ0n) is 11.7. The van der Waals surface area contributed by atoms with E-state index in [4.69, 9.17) is 16.3 Å². The number of halogens is 1. The van der Waals surface area contributed by atoms with Crippen molar-refractivity contribution in [1.29, 1.82) is 0 Å². The van der Waals surface area contributed by atoms with E-state index in [1.165, 1.54) is 4.90 Å². The standard InChI is InChI=1S/C14H17ClN2O3/c1-14(2,3)20-13(19)17-7-9-4-5-12(15)16-11(9)6-10(17)8-18/h4-5,8,10H,6-7H2,1-3H3. The van der Waals surface area contributed by atoms with Gasteiger partial charge in [-0.15, -0.1) is 0 Å². The van der Waals surface area contributed by atoms with Gasteiger partial charge < -0.3 is 9.53 Å². The van der Waals surface area contributed by atoms with Gasteiger partial charge in [0.2, 0.25) is 0 Å². The maximum absolute atomic E-state index is 12.2. The van der Waals surface area contributed by atoms with E-state index in [-0.39, 0.29) is 0 Å². The molecule has 5 nitrogen and oxygen atoms in total. The molecule has 20 heavy (non-hydrogen) atoms. The molecule has 0 aromatic carbocycles. The molecule has 2 rings (SSSR count). The van der Waals surface area contributed by atoms with E-state index in [0.29, 0.717) is 18.1 Å². The van der Waals surface area contributed by atoms with Crippen LogP contribution in [0, 0.1) is 0 Å². The van der Waals surface area contributed by atoms with Crippen LogP contribution < -0.4 is 0 Å². The fourth-order valence-electron chi connectivity index (χ4n) is 2.08. The summed E-state index contributed by atoms with van der Waals surface area (Å²) in [6, 6.07) is 2.93. The number of hydrogen-bond donors (Lipinski definition) is 0. The van der Waals surface area contributed by atoms with E-state index in [0.717, 1.165) is 17.5 Å². The van der Waals surface area contributed by atoms with Crippen LogP contribution in [0.15, 0.2) is 12.1 Å². The lowest BCUT2D eigenvalue weighted by molar-refractivity contribution is -0.113. The summed E-state index contributed by atoms with van der Waals surface area (Å²) in [5, 5.41) is 0.388. The van der Waals surface area contributed by atoms with Crippen molar-refractivity contribution in [1.82, 2.24) is 9.88 Å². The zero-order valence-corrected chi connectivity index (χ0v) is 12.5. The second kappa shape index (κ2) is 5.40. The molecule has 0 bridgehead atoms. The van der Waals surface area contributed by atoms with Crippen LogP contribution in [0.3, 0.4) is 0 Å². The zero-order chi connectivity index (χ0) is 14.9. The van der Waals surface area contributed by atoms with Gasteiger partial charge in [-0.3, -0.25) is 4.90 Å². The lowest BCUT2D eigenvalue weighted by Gasteiger charge is -2.34. The fourth-order valence-corrected chi connectivity index (χ4v) is 2.24. The van der Waals surface area contributed by atoms with Crippen LogP contribution >= 0.6 is 11.6 Å². The molecule has 1 aromatic rings. The van der Waals surface area contributed by atoms with Crippen LogP contribution in [0.1, 0.15) is 32.0 Å². The first kappa shape index (κ1) is 14.8. The molecule has 0 spiro atoms. The Morgan fingerprint density at radius 2 is 2.20 bits per heavy atom. The van der Waals surface area contributed by atoms with Gasteiger partial charge in [-0.1, -0.05) is 17.7 Å². The van der Waals surface area contributed by atoms with Gasteiger partial charge >= 0.3 is 6.09 Å². The molecule has 1 amide bonds. The van der Waals surface area contributed by atoms with Crippen LogP contribution in [0.25, 0.3) is 0 Å². The van der Waals surface area contributed by atoms with Gasteiger partial charge in [0.05, 0.1) is 12.6 Å². The molecule has 0 saturated heterocycles. The van der Waals surface area contributed by atoms with Crippen molar-refractivity contribution in [3.63, 3.8) is 0 Å². The highest BCUT2D eigenvalue weighted by molar-refractivity contribution is 6.29. The number of rotatable bonds is 1. The number of aromatic nitrogens is 1. The molecule has 1 unspecified atom stereocenters. The second-order valence-corrected chi connectivity index (χ2v) is 6.14. The van der Waals surface area contributed by atoms with Crippen molar-refractivity contribution < 1.29 is 14.3 Å². The van der Waals surface area contributed by atoms with E-state index in [9.17, 15) is 9.59 Å². The number of ether oxygens (including phenoxy) is 1. The van der Waals surface area contributed by atoms with Crippen LogP contribution in [-0.4, -0.2) is 33.9 Å². The van der Waals surface area contributed by atoms with E-state index >= 15 is 0 Å². The molecule has 2 heterocycles. The summed E-state index contributed by atoms with van der Waals surface area (Å²) in [6.07, 6.45) is 0.615. The third-order valence-corrected chi connectivity index (χ3v) is 3.17. The molecule has 0 aliphatic carbocycles. The van der Waals surface area contributed by atoms with Crippen molar-refractivity contribution in [3.8, 4) is 0 Å². The van der Waals surface area contributed by atoms with E-state index < -0.39 is 17.7 Å². The van der Waals surface area contributed by atoms with Crippen molar-refractivity contribution in [3.05, 3.63) is 28.5 Å². The molecule has 0 radical (unpaired) electrons. The lowest BCUT2D eigenvalue weighted by Crippen LogP contribution is -2.47. The highest BCUT2D eigenvalue weighted by Crippen LogP contribution is 2.24. The number of hydrogen-bond acceptors (Lipinski definition) is 4. The molecule has 1 aliphatic heterocycles. The first-order chi connectivity index (χ1) is 9.30. The molecule has 1 atom stereocenters. The summed E-state index contributed by atoms with van der Waals surface area (Å²) >= 11 is 5.85. The Bertz CT molecular complexity index is 540. The maximum atomic E-state index is 12.2. The molecule has 1 aromatic heterocycles. The highest BCUT2D eigenvalue weighted by atomic mass is 35.5. The number of nitrogens with zero attached hydrogens (tertiary/aromatic N) is 2. The normalized spacial score (nSPS) is 18.4. The fraction of sp³-hybridized carbons (Fsp3) is 0.500. The Kier molecular flexibility index (Phi) is 3.99. The summed E-state index contributed by atoms with van der Waals surface area (Å²) in [7, 11) is 0. The van der Waals surface area contributed by atoms with Gasteiger partial charge in [-0.2, -0.15) is 0 Å². The third-order valence-electron chi connectivity index (χ3n) is 2.96. The van der Waals surface area contributed by atoms with Crippen LogP contribution in [-0.2, 0) is 22.5 Å². The molecular weight excluding hydrogens is 280 g/mol. The Labute approximate surface area is 122 Å². The summed E-state index contributed by atoms with van der Waals surface area (Å²) in [5.74, 6) is 0. The largest absolute Gasteiger partial charge is 0.444 e. The van der Waals surface area contributed by atoms with E-state index in [1.54, 1.807) is 26.8 Å². The monoisotopic (exact) mass is 296 g/mol. The van der Waals surface area contributed by atoms with Gasteiger partial charge in [0.1, 0.15) is 17.0 Å². The first-order valence-electron chi connectivity index (χ1n) is 6.39. The smallest absolute Gasteiger partial charge is 0.411 e. The molecule has 108 valence electrons. The minimum absolute atomic E-state index is 0.303. The van der Waals surface area contributed by atoms with Gasteiger partial charge in [0, 0.05) is 12.1 Å². The van der Waals surface area contributed by atoms with E-state index in [2.05, 4.69) is 4.98 Å². The van der Waals surface area contributed by atoms with Crippen LogP contribution in [0.4, 0.5) is 4.79 Å². The molecule has 0 fully saturated rings. The Balaban J connectivity index is 2.24. The number of amides is 1. The maximum Gasteiger partial charge on any atom is 0.411 e. The highest BCUT2D eigenvalue weighted by Gasteiger charge is 2.33. The first-order valence-corrected chi connectivity index (χ1v) is 6.77. The molecule has 0 N–H and O–H groups in total. The van der Waals surface area contributed by atoms with Crippen LogP contribution in [0.2, 0.25) is 5.15 Å². The average molecular weight is 297 g/mol. The molecule has 6 heteroatoms. The number of aldehydes is 1. The van der Waals surface area contributed by atoms with Gasteiger partial charge in [0.15, 0.2) is 0 Å². The van der Waals surface area contributed by atoms with Crippen LogP contribution in [0.5, 0.6) is 0 Å². The Morgan fingerprint density at radius 1 is 1.50 bits per heavy atom. The molecule has 1 aliphatic rings. The van der Waals surface area contributed by atoms with Crippen molar-refractivity contribution in [2.75, 3.05) is 0 Å². The van der Waals surface area contributed by atoms with E-state index in [1.807, 2.05) is 6.07 Å². The SMILES string of the molecule is CC(C)(C)OC(=O)N1Cc2ccc(Cl)nc2CC1C=O. The number of fused-ring (bicyclic) bond motifs is 1. The predicted molar refractivity (Wildman–Crippen MR) is 74.6 cm³/mol. The number of carbonyl (C=O) groups is 2. The number of carbonyl (C=O) groups excluding carboxylic acids is 2. The quantitative estimate of drug-likeness (QED) is 0.590. The summed E-state index contributed by atoms with van der Waals surface area (Å²) in [6.45, 7) is 5.68.